The van der Waals surface area contributed by atoms with Crippen LogP contribution in [0.3, 0.4) is 0 Å². The summed E-state index contributed by atoms with van der Waals surface area (Å²) in [7, 11) is 1.58. The Balaban J connectivity index is 1.44. The van der Waals surface area contributed by atoms with Crippen molar-refractivity contribution in [1.82, 2.24) is 10.2 Å². The number of carbonyl (C=O) groups excluding carboxylic acids is 2. The van der Waals surface area contributed by atoms with Crippen molar-refractivity contribution >= 4 is 23.6 Å². The summed E-state index contributed by atoms with van der Waals surface area (Å²) in [5, 5.41) is 3.07. The van der Waals surface area contributed by atoms with Crippen molar-refractivity contribution in [2.45, 2.75) is 30.7 Å². The molecule has 0 atom stereocenters. The maximum absolute atomic E-state index is 12.5. The number of amides is 2. The van der Waals surface area contributed by atoms with Gasteiger partial charge in [-0.3, -0.25) is 9.59 Å². The summed E-state index contributed by atoms with van der Waals surface area (Å²) < 4.78 is 5.17. The van der Waals surface area contributed by atoms with Gasteiger partial charge >= 0.3 is 0 Å². The van der Waals surface area contributed by atoms with Gasteiger partial charge in [0, 0.05) is 29.6 Å². The molecule has 5 nitrogen and oxygen atoms in total. The summed E-state index contributed by atoms with van der Waals surface area (Å²) in [5.41, 5.74) is 1.81. The summed E-state index contributed by atoms with van der Waals surface area (Å²) in [6, 6.07) is 15.4. The lowest BCUT2D eigenvalue weighted by atomic mass is 10.0. The number of benzene rings is 2. The van der Waals surface area contributed by atoms with Crippen LogP contribution in [0.5, 0.6) is 5.75 Å². The van der Waals surface area contributed by atoms with Gasteiger partial charge in [0.05, 0.1) is 12.9 Å². The molecule has 2 amide bonds. The van der Waals surface area contributed by atoms with Crippen LogP contribution in [-0.2, 0) is 4.79 Å². The lowest BCUT2D eigenvalue weighted by Gasteiger charge is -2.32. The molecule has 1 fully saturated rings. The molecule has 0 spiro atoms. The maximum atomic E-state index is 12.5. The number of thioether (sulfide) groups is 1. The van der Waals surface area contributed by atoms with Crippen LogP contribution in [0.2, 0.25) is 0 Å². The van der Waals surface area contributed by atoms with Gasteiger partial charge in [-0.1, -0.05) is 23.8 Å². The van der Waals surface area contributed by atoms with E-state index in [0.717, 1.165) is 17.7 Å². The standard InChI is InChI=1S/C22H26N2O3S/c1-16-6-8-20(9-7-16)28-15-21(25)24-12-10-18(11-13-24)23-22(26)17-4-3-5-19(14-17)27-2/h3-9,14,18H,10-13,15H2,1-2H3,(H,23,26). The number of hydrogen-bond donors (Lipinski definition) is 1. The van der Waals surface area contributed by atoms with Crippen molar-refractivity contribution in [3.8, 4) is 5.75 Å². The quantitative estimate of drug-likeness (QED) is 0.757. The average Bonchev–Trinajstić information content (AvgIpc) is 2.73. The van der Waals surface area contributed by atoms with Gasteiger partial charge in [0.1, 0.15) is 5.75 Å². The molecule has 0 unspecified atom stereocenters. The molecule has 2 aromatic carbocycles. The normalized spacial score (nSPS) is 14.6. The van der Waals surface area contributed by atoms with Crippen LogP contribution in [0, 0.1) is 6.92 Å². The molecule has 1 heterocycles. The third-order valence-electron chi connectivity index (χ3n) is 4.90. The van der Waals surface area contributed by atoms with Gasteiger partial charge in [0.2, 0.25) is 5.91 Å². The Morgan fingerprint density at radius 2 is 1.86 bits per heavy atom. The molecular formula is C22H26N2O3S. The van der Waals surface area contributed by atoms with Crippen LogP contribution >= 0.6 is 11.8 Å². The topological polar surface area (TPSA) is 58.6 Å². The Morgan fingerprint density at radius 3 is 2.54 bits per heavy atom. The zero-order chi connectivity index (χ0) is 19.9. The van der Waals surface area contributed by atoms with Gasteiger partial charge in [-0.2, -0.15) is 0 Å². The first-order chi connectivity index (χ1) is 13.5. The highest BCUT2D eigenvalue weighted by molar-refractivity contribution is 8.00. The second-order valence-corrected chi connectivity index (χ2v) is 8.01. The Hall–Kier alpha value is -2.47. The molecule has 0 aromatic heterocycles. The van der Waals surface area contributed by atoms with Crippen LogP contribution in [0.4, 0.5) is 0 Å². The van der Waals surface area contributed by atoms with Crippen LogP contribution in [-0.4, -0.2) is 48.7 Å². The highest BCUT2D eigenvalue weighted by atomic mass is 32.2. The fourth-order valence-electron chi connectivity index (χ4n) is 3.18. The van der Waals surface area contributed by atoms with E-state index >= 15 is 0 Å². The minimum atomic E-state index is -0.0985. The summed E-state index contributed by atoms with van der Waals surface area (Å²) in [6.45, 7) is 3.41. The largest absolute Gasteiger partial charge is 0.497 e. The van der Waals surface area contributed by atoms with Crippen molar-refractivity contribution in [3.05, 3.63) is 59.7 Å². The van der Waals surface area contributed by atoms with Crippen molar-refractivity contribution in [2.75, 3.05) is 26.0 Å². The molecule has 0 radical (unpaired) electrons. The van der Waals surface area contributed by atoms with E-state index in [-0.39, 0.29) is 17.9 Å². The number of piperidine rings is 1. The molecule has 0 aliphatic carbocycles. The lowest BCUT2D eigenvalue weighted by molar-refractivity contribution is -0.129. The number of nitrogens with zero attached hydrogens (tertiary/aromatic N) is 1. The number of aryl methyl sites for hydroxylation is 1. The number of likely N-dealkylation sites (tertiary alicyclic amines) is 1. The Bertz CT molecular complexity index is 815. The number of ether oxygens (including phenoxy) is 1. The highest BCUT2D eigenvalue weighted by Crippen LogP contribution is 2.20. The number of nitrogens with one attached hydrogen (secondary N) is 1. The zero-order valence-electron chi connectivity index (χ0n) is 16.3. The van der Waals surface area contributed by atoms with Crippen LogP contribution < -0.4 is 10.1 Å². The van der Waals surface area contributed by atoms with Crippen LogP contribution in [0.1, 0.15) is 28.8 Å². The number of carbonyl (C=O) groups is 2. The molecule has 0 bridgehead atoms. The van der Waals surface area contributed by atoms with E-state index in [1.165, 1.54) is 5.56 Å². The number of methoxy groups -OCH3 is 1. The molecular weight excluding hydrogens is 372 g/mol. The van der Waals surface area contributed by atoms with Gasteiger partial charge in [0.15, 0.2) is 0 Å². The van der Waals surface area contributed by atoms with E-state index < -0.39 is 0 Å². The number of rotatable bonds is 6. The summed E-state index contributed by atoms with van der Waals surface area (Å²) >= 11 is 1.57. The minimum Gasteiger partial charge on any atom is -0.497 e. The molecule has 148 valence electrons. The molecule has 3 rings (SSSR count). The Kier molecular flexibility index (Phi) is 6.98. The monoisotopic (exact) mass is 398 g/mol. The first kappa shape index (κ1) is 20.3. The Morgan fingerprint density at radius 1 is 1.14 bits per heavy atom. The maximum Gasteiger partial charge on any atom is 0.251 e. The fourth-order valence-corrected chi connectivity index (χ4v) is 3.98. The molecule has 0 saturated carbocycles. The van der Waals surface area contributed by atoms with E-state index in [4.69, 9.17) is 4.74 Å². The van der Waals surface area contributed by atoms with Crippen LogP contribution in [0.25, 0.3) is 0 Å². The Labute approximate surface area is 170 Å². The molecule has 1 N–H and O–H groups in total. The predicted octanol–water partition coefficient (Wildman–Crippen LogP) is 3.52. The highest BCUT2D eigenvalue weighted by Gasteiger charge is 2.24. The van der Waals surface area contributed by atoms with Gasteiger partial charge in [0.25, 0.3) is 5.91 Å². The molecule has 2 aromatic rings. The van der Waals surface area contributed by atoms with Crippen molar-refractivity contribution in [1.29, 1.82) is 0 Å². The molecule has 1 aliphatic heterocycles. The van der Waals surface area contributed by atoms with Gasteiger partial charge in [-0.15, -0.1) is 11.8 Å². The van der Waals surface area contributed by atoms with Gasteiger partial charge in [-0.05, 0) is 50.1 Å². The summed E-state index contributed by atoms with van der Waals surface area (Å²) in [4.78, 5) is 27.9. The fraction of sp³-hybridized carbons (Fsp3) is 0.364. The zero-order valence-corrected chi connectivity index (χ0v) is 17.1. The van der Waals surface area contributed by atoms with E-state index in [0.29, 0.717) is 30.2 Å². The van der Waals surface area contributed by atoms with Crippen LogP contribution in [0.15, 0.2) is 53.4 Å². The molecule has 1 saturated heterocycles. The van der Waals surface area contributed by atoms with Crippen molar-refractivity contribution in [2.24, 2.45) is 0 Å². The molecule has 1 aliphatic rings. The molecule has 28 heavy (non-hydrogen) atoms. The first-order valence-corrected chi connectivity index (χ1v) is 10.5. The van der Waals surface area contributed by atoms with E-state index in [1.807, 2.05) is 23.1 Å². The van der Waals surface area contributed by atoms with Crippen molar-refractivity contribution < 1.29 is 14.3 Å². The van der Waals surface area contributed by atoms with Crippen molar-refractivity contribution in [3.63, 3.8) is 0 Å². The summed E-state index contributed by atoms with van der Waals surface area (Å²) in [5.74, 6) is 1.17. The number of hydrogen-bond acceptors (Lipinski definition) is 4. The predicted molar refractivity (Wildman–Crippen MR) is 112 cm³/mol. The first-order valence-electron chi connectivity index (χ1n) is 9.47. The third-order valence-corrected chi connectivity index (χ3v) is 5.89. The smallest absolute Gasteiger partial charge is 0.251 e. The van der Waals surface area contributed by atoms with E-state index in [2.05, 4.69) is 24.4 Å². The van der Waals surface area contributed by atoms with Gasteiger partial charge in [-0.25, -0.2) is 0 Å². The van der Waals surface area contributed by atoms with E-state index in [1.54, 1.807) is 37.1 Å². The second kappa shape index (κ2) is 9.64. The van der Waals surface area contributed by atoms with Gasteiger partial charge < -0.3 is 15.0 Å². The second-order valence-electron chi connectivity index (χ2n) is 6.96. The van der Waals surface area contributed by atoms with E-state index in [9.17, 15) is 9.59 Å². The summed E-state index contributed by atoms with van der Waals surface area (Å²) in [6.07, 6.45) is 1.55. The SMILES string of the molecule is COc1cccc(C(=O)NC2CCN(C(=O)CSc3ccc(C)cc3)CC2)c1. The molecule has 6 heteroatoms. The minimum absolute atomic E-state index is 0.0903. The lowest BCUT2D eigenvalue weighted by Crippen LogP contribution is -2.47. The average molecular weight is 399 g/mol. The third kappa shape index (κ3) is 5.52.